The van der Waals surface area contributed by atoms with E-state index in [0.29, 0.717) is 5.15 Å². The van der Waals surface area contributed by atoms with Gasteiger partial charge >= 0.3 is 0 Å². The summed E-state index contributed by atoms with van der Waals surface area (Å²) >= 11 is 9.82. The molecular weight excluding hydrogens is 322 g/mol. The van der Waals surface area contributed by atoms with Crippen molar-refractivity contribution in [2.45, 2.75) is 19.4 Å². The molecule has 0 N–H and O–H groups in total. The Morgan fingerprint density at radius 1 is 1.19 bits per heavy atom. The molecule has 1 saturated heterocycles. The van der Waals surface area contributed by atoms with Crippen molar-refractivity contribution in [1.29, 1.82) is 0 Å². The highest BCUT2D eigenvalue weighted by Gasteiger charge is 2.17. The van der Waals surface area contributed by atoms with Gasteiger partial charge in [0.15, 0.2) is 0 Å². The second kappa shape index (κ2) is 5.65. The fourth-order valence-electron chi connectivity index (χ4n) is 2.77. The fraction of sp³-hybridized carbons (Fsp3) is 0.333. The standard InChI is InChI=1S/C15H14ClN3S2/c16-14-13-10(11-4-3-7-20-11)9-21-15(13)18-12(17-14)8-19-5-1-2-6-19/h3-4,7,9H,1-2,5-6,8H2. The summed E-state index contributed by atoms with van der Waals surface area (Å²) in [4.78, 5) is 13.9. The molecule has 6 heteroatoms. The van der Waals surface area contributed by atoms with Crippen LogP contribution in [0.15, 0.2) is 22.9 Å². The maximum absolute atomic E-state index is 6.45. The average Bonchev–Trinajstić information content (AvgIpc) is 3.19. The Hall–Kier alpha value is -1.01. The molecule has 108 valence electrons. The van der Waals surface area contributed by atoms with E-state index >= 15 is 0 Å². The van der Waals surface area contributed by atoms with Crippen molar-refractivity contribution in [2.24, 2.45) is 0 Å². The zero-order chi connectivity index (χ0) is 14.2. The third-order valence-electron chi connectivity index (χ3n) is 3.79. The summed E-state index contributed by atoms with van der Waals surface area (Å²) in [6, 6.07) is 4.17. The van der Waals surface area contributed by atoms with Crippen molar-refractivity contribution in [1.82, 2.24) is 14.9 Å². The molecule has 0 aromatic carbocycles. The van der Waals surface area contributed by atoms with Crippen molar-refractivity contribution < 1.29 is 0 Å². The minimum atomic E-state index is 0.582. The van der Waals surface area contributed by atoms with Crippen LogP contribution in [0.3, 0.4) is 0 Å². The average molecular weight is 336 g/mol. The van der Waals surface area contributed by atoms with Gasteiger partial charge in [-0.25, -0.2) is 9.97 Å². The monoisotopic (exact) mass is 335 g/mol. The molecule has 3 aromatic rings. The molecule has 3 nitrogen and oxygen atoms in total. The summed E-state index contributed by atoms with van der Waals surface area (Å²) in [5.41, 5.74) is 1.16. The molecule has 3 aromatic heterocycles. The largest absolute Gasteiger partial charge is 0.296 e. The van der Waals surface area contributed by atoms with E-state index < -0.39 is 0 Å². The van der Waals surface area contributed by atoms with Gasteiger partial charge in [-0.1, -0.05) is 17.7 Å². The first-order chi connectivity index (χ1) is 10.3. The van der Waals surface area contributed by atoms with Crippen molar-refractivity contribution in [3.05, 3.63) is 33.9 Å². The van der Waals surface area contributed by atoms with E-state index in [0.717, 1.165) is 41.2 Å². The first kappa shape index (κ1) is 13.6. The summed E-state index contributed by atoms with van der Waals surface area (Å²) in [6.07, 6.45) is 2.55. The zero-order valence-electron chi connectivity index (χ0n) is 11.4. The second-order valence-electron chi connectivity index (χ2n) is 5.22. The molecule has 0 aliphatic carbocycles. The molecule has 1 fully saturated rings. The lowest BCUT2D eigenvalue weighted by atomic mass is 10.2. The summed E-state index contributed by atoms with van der Waals surface area (Å²) in [5, 5.41) is 5.79. The van der Waals surface area contributed by atoms with Gasteiger partial charge in [0.2, 0.25) is 0 Å². The number of likely N-dealkylation sites (tertiary alicyclic amines) is 1. The van der Waals surface area contributed by atoms with Gasteiger partial charge in [0.05, 0.1) is 11.9 Å². The van der Waals surface area contributed by atoms with Gasteiger partial charge in [-0.3, -0.25) is 4.90 Å². The van der Waals surface area contributed by atoms with E-state index in [4.69, 9.17) is 16.6 Å². The van der Waals surface area contributed by atoms with Crippen molar-refractivity contribution in [3.63, 3.8) is 0 Å². The molecule has 0 unspecified atom stereocenters. The Morgan fingerprint density at radius 2 is 2.05 bits per heavy atom. The van der Waals surface area contributed by atoms with E-state index in [1.54, 1.807) is 22.7 Å². The van der Waals surface area contributed by atoms with Crippen LogP contribution < -0.4 is 0 Å². The van der Waals surface area contributed by atoms with E-state index in [9.17, 15) is 0 Å². The molecule has 0 amide bonds. The Bertz CT molecular complexity index is 761. The van der Waals surface area contributed by atoms with Gasteiger partial charge in [-0.05, 0) is 37.4 Å². The Labute approximate surface area is 136 Å². The summed E-state index contributed by atoms with van der Waals surface area (Å²) in [7, 11) is 0. The predicted octanol–water partition coefficient (Wildman–Crippen LogP) is 4.67. The second-order valence-corrected chi connectivity index (χ2v) is 7.38. The third kappa shape index (κ3) is 2.59. The fourth-order valence-corrected chi connectivity index (χ4v) is 4.89. The number of halogens is 1. The van der Waals surface area contributed by atoms with Gasteiger partial charge in [0.1, 0.15) is 15.8 Å². The molecule has 4 heterocycles. The van der Waals surface area contributed by atoms with Crippen LogP contribution in [-0.2, 0) is 6.54 Å². The van der Waals surface area contributed by atoms with Crippen LogP contribution in [0.2, 0.25) is 5.15 Å². The lowest BCUT2D eigenvalue weighted by Gasteiger charge is -2.13. The van der Waals surface area contributed by atoms with Gasteiger partial charge in [0.25, 0.3) is 0 Å². The molecule has 0 bridgehead atoms. The SMILES string of the molecule is Clc1nc(CN2CCCC2)nc2scc(-c3cccs3)c12. The van der Waals surface area contributed by atoms with Crippen molar-refractivity contribution in [2.75, 3.05) is 13.1 Å². The Kier molecular flexibility index (Phi) is 3.67. The lowest BCUT2D eigenvalue weighted by molar-refractivity contribution is 0.323. The molecule has 4 rings (SSSR count). The van der Waals surface area contributed by atoms with Crippen LogP contribution in [0, 0.1) is 0 Å². The number of rotatable bonds is 3. The first-order valence-corrected chi connectivity index (χ1v) is 9.15. The zero-order valence-corrected chi connectivity index (χ0v) is 13.8. The highest BCUT2D eigenvalue weighted by Crippen LogP contribution is 2.38. The molecule has 0 spiro atoms. The summed E-state index contributed by atoms with van der Waals surface area (Å²) in [6.45, 7) is 3.09. The van der Waals surface area contributed by atoms with Crippen LogP contribution >= 0.6 is 34.3 Å². The molecule has 0 saturated carbocycles. The number of aromatic nitrogens is 2. The van der Waals surface area contributed by atoms with E-state index in [1.165, 1.54) is 17.7 Å². The van der Waals surface area contributed by atoms with Crippen molar-refractivity contribution in [3.8, 4) is 10.4 Å². The van der Waals surface area contributed by atoms with Gasteiger partial charge in [0, 0.05) is 15.8 Å². The lowest BCUT2D eigenvalue weighted by Crippen LogP contribution is -2.20. The van der Waals surface area contributed by atoms with E-state index in [1.807, 2.05) is 0 Å². The van der Waals surface area contributed by atoms with Gasteiger partial charge in [-0.15, -0.1) is 22.7 Å². The smallest absolute Gasteiger partial charge is 0.145 e. The first-order valence-electron chi connectivity index (χ1n) is 7.01. The minimum Gasteiger partial charge on any atom is -0.296 e. The molecule has 0 radical (unpaired) electrons. The number of hydrogen-bond donors (Lipinski definition) is 0. The molecule has 21 heavy (non-hydrogen) atoms. The summed E-state index contributed by atoms with van der Waals surface area (Å²) < 4.78 is 0. The number of hydrogen-bond acceptors (Lipinski definition) is 5. The number of fused-ring (bicyclic) bond motifs is 1. The van der Waals surface area contributed by atoms with Crippen LogP contribution in [-0.4, -0.2) is 28.0 Å². The van der Waals surface area contributed by atoms with E-state index in [-0.39, 0.29) is 0 Å². The normalized spacial score (nSPS) is 16.0. The highest BCUT2D eigenvalue weighted by atomic mass is 35.5. The van der Waals surface area contributed by atoms with Gasteiger partial charge < -0.3 is 0 Å². The molecule has 1 aliphatic heterocycles. The maximum atomic E-state index is 6.45. The number of thiophene rings is 2. The maximum Gasteiger partial charge on any atom is 0.145 e. The highest BCUT2D eigenvalue weighted by molar-refractivity contribution is 7.18. The Balaban J connectivity index is 1.74. The van der Waals surface area contributed by atoms with Crippen LogP contribution in [0.1, 0.15) is 18.7 Å². The summed E-state index contributed by atoms with van der Waals surface area (Å²) in [5.74, 6) is 0.842. The molecular formula is C15H14ClN3S2. The molecule has 1 aliphatic rings. The van der Waals surface area contributed by atoms with Crippen LogP contribution in [0.4, 0.5) is 0 Å². The van der Waals surface area contributed by atoms with Crippen LogP contribution in [0.25, 0.3) is 20.7 Å². The predicted molar refractivity (Wildman–Crippen MR) is 90.2 cm³/mol. The molecule has 0 atom stereocenters. The van der Waals surface area contributed by atoms with Gasteiger partial charge in [-0.2, -0.15) is 0 Å². The minimum absolute atomic E-state index is 0.582. The quantitative estimate of drug-likeness (QED) is 0.651. The Morgan fingerprint density at radius 3 is 2.81 bits per heavy atom. The topological polar surface area (TPSA) is 29.0 Å². The third-order valence-corrected chi connectivity index (χ3v) is 5.83. The van der Waals surface area contributed by atoms with Crippen LogP contribution in [0.5, 0.6) is 0 Å². The van der Waals surface area contributed by atoms with E-state index in [2.05, 4.69) is 32.8 Å². The van der Waals surface area contributed by atoms with Crippen molar-refractivity contribution >= 4 is 44.5 Å². The number of nitrogens with zero attached hydrogens (tertiary/aromatic N) is 3.